The summed E-state index contributed by atoms with van der Waals surface area (Å²) in [6, 6.07) is 6.06. The molecule has 1 unspecified atom stereocenters. The van der Waals surface area contributed by atoms with Gasteiger partial charge in [-0.25, -0.2) is 4.99 Å². The van der Waals surface area contributed by atoms with Crippen LogP contribution in [0.1, 0.15) is 18.9 Å². The van der Waals surface area contributed by atoms with Crippen molar-refractivity contribution >= 4 is 5.84 Å². The van der Waals surface area contributed by atoms with Gasteiger partial charge in [0.15, 0.2) is 11.5 Å². The quantitative estimate of drug-likeness (QED) is 0.832. The fourth-order valence-corrected chi connectivity index (χ4v) is 3.24. The van der Waals surface area contributed by atoms with Crippen LogP contribution < -0.4 is 9.47 Å². The SMILES string of the molecule is COc1ccc(C2=NC(C)=CCN2C)cc1OCC1CCN(C)C1. The number of amidine groups is 1. The van der Waals surface area contributed by atoms with E-state index in [9.17, 15) is 0 Å². The predicted molar refractivity (Wildman–Crippen MR) is 97.0 cm³/mol. The van der Waals surface area contributed by atoms with E-state index in [1.807, 2.05) is 25.1 Å². The van der Waals surface area contributed by atoms with Gasteiger partial charge >= 0.3 is 0 Å². The number of likely N-dealkylation sites (N-methyl/N-ethyl adjacent to an activating group) is 1. The first-order chi connectivity index (χ1) is 11.6. The highest BCUT2D eigenvalue weighted by Gasteiger charge is 2.21. The summed E-state index contributed by atoms with van der Waals surface area (Å²) in [5.41, 5.74) is 2.11. The van der Waals surface area contributed by atoms with Gasteiger partial charge in [-0.15, -0.1) is 0 Å². The number of allylic oxidation sites excluding steroid dienone is 1. The second kappa shape index (κ2) is 7.26. The largest absolute Gasteiger partial charge is 0.493 e. The number of hydrogen-bond donors (Lipinski definition) is 0. The van der Waals surface area contributed by atoms with Crippen LogP contribution in [0.25, 0.3) is 0 Å². The Bertz CT molecular complexity index is 654. The number of nitrogens with zero attached hydrogens (tertiary/aromatic N) is 3. The van der Waals surface area contributed by atoms with Crippen molar-refractivity contribution in [3.8, 4) is 11.5 Å². The second-order valence-electron chi connectivity index (χ2n) is 6.76. The van der Waals surface area contributed by atoms with Crippen LogP contribution in [0.4, 0.5) is 0 Å². The predicted octanol–water partition coefficient (Wildman–Crippen LogP) is 2.62. The average Bonchev–Trinajstić information content (AvgIpc) is 3.00. The van der Waals surface area contributed by atoms with Crippen molar-refractivity contribution in [2.75, 3.05) is 47.4 Å². The summed E-state index contributed by atoms with van der Waals surface area (Å²) in [5, 5.41) is 0. The normalized spacial score (nSPS) is 21.5. The van der Waals surface area contributed by atoms with Crippen LogP contribution in [0.15, 0.2) is 35.0 Å². The highest BCUT2D eigenvalue weighted by atomic mass is 16.5. The van der Waals surface area contributed by atoms with Crippen LogP contribution in [0, 0.1) is 5.92 Å². The monoisotopic (exact) mass is 329 g/mol. The second-order valence-corrected chi connectivity index (χ2v) is 6.76. The third-order valence-electron chi connectivity index (χ3n) is 4.69. The Kier molecular flexibility index (Phi) is 5.09. The zero-order chi connectivity index (χ0) is 17.1. The molecule has 1 atom stereocenters. The Hall–Kier alpha value is -2.01. The molecule has 2 heterocycles. The third kappa shape index (κ3) is 3.73. The van der Waals surface area contributed by atoms with Crippen LogP contribution in [0.3, 0.4) is 0 Å². The molecular formula is C19H27N3O2. The zero-order valence-corrected chi connectivity index (χ0v) is 15.1. The molecule has 5 nitrogen and oxygen atoms in total. The number of benzene rings is 1. The minimum Gasteiger partial charge on any atom is -0.493 e. The van der Waals surface area contributed by atoms with Gasteiger partial charge in [-0.05, 0) is 51.2 Å². The molecule has 0 spiro atoms. The Balaban J connectivity index is 1.79. The summed E-state index contributed by atoms with van der Waals surface area (Å²) < 4.78 is 11.6. The Morgan fingerprint density at radius 3 is 2.79 bits per heavy atom. The van der Waals surface area contributed by atoms with Crippen molar-refractivity contribution in [3.63, 3.8) is 0 Å². The van der Waals surface area contributed by atoms with Gasteiger partial charge in [0.25, 0.3) is 0 Å². The first-order valence-electron chi connectivity index (χ1n) is 8.53. The van der Waals surface area contributed by atoms with Crippen LogP contribution in [-0.2, 0) is 0 Å². The summed E-state index contributed by atoms with van der Waals surface area (Å²) in [4.78, 5) is 9.17. The molecule has 0 N–H and O–H groups in total. The molecule has 3 rings (SSSR count). The van der Waals surface area contributed by atoms with E-state index in [1.54, 1.807) is 7.11 Å². The molecule has 0 bridgehead atoms. The van der Waals surface area contributed by atoms with E-state index in [0.717, 1.165) is 54.8 Å². The minimum atomic E-state index is 0.586. The number of rotatable bonds is 5. The van der Waals surface area contributed by atoms with E-state index in [-0.39, 0.29) is 0 Å². The van der Waals surface area contributed by atoms with E-state index in [4.69, 9.17) is 9.47 Å². The van der Waals surface area contributed by atoms with Crippen LogP contribution in [0.5, 0.6) is 11.5 Å². The molecule has 1 saturated heterocycles. The molecule has 0 amide bonds. The molecule has 24 heavy (non-hydrogen) atoms. The van der Waals surface area contributed by atoms with Gasteiger partial charge < -0.3 is 19.3 Å². The first-order valence-corrected chi connectivity index (χ1v) is 8.53. The van der Waals surface area contributed by atoms with E-state index in [1.165, 1.54) is 6.42 Å². The molecule has 2 aliphatic rings. The van der Waals surface area contributed by atoms with Crippen molar-refractivity contribution in [2.24, 2.45) is 10.9 Å². The molecule has 0 aromatic heterocycles. The van der Waals surface area contributed by atoms with Crippen molar-refractivity contribution in [3.05, 3.63) is 35.5 Å². The average molecular weight is 329 g/mol. The molecule has 0 saturated carbocycles. The molecule has 1 fully saturated rings. The van der Waals surface area contributed by atoms with Crippen molar-refractivity contribution in [1.82, 2.24) is 9.80 Å². The molecule has 5 heteroatoms. The lowest BCUT2D eigenvalue weighted by Gasteiger charge is -2.24. The smallest absolute Gasteiger partial charge is 0.161 e. The highest BCUT2D eigenvalue weighted by molar-refractivity contribution is 6.00. The van der Waals surface area contributed by atoms with Gasteiger partial charge in [0, 0.05) is 37.3 Å². The molecule has 2 aliphatic heterocycles. The first kappa shape index (κ1) is 16.8. The Labute approximate surface area is 144 Å². The van der Waals surface area contributed by atoms with Crippen molar-refractivity contribution < 1.29 is 9.47 Å². The van der Waals surface area contributed by atoms with Gasteiger partial charge in [0.1, 0.15) is 5.84 Å². The molecule has 0 radical (unpaired) electrons. The number of methoxy groups -OCH3 is 1. The zero-order valence-electron chi connectivity index (χ0n) is 15.1. The molecule has 0 aliphatic carbocycles. The topological polar surface area (TPSA) is 37.3 Å². The molecule has 1 aromatic rings. The van der Waals surface area contributed by atoms with Gasteiger partial charge in [0.05, 0.1) is 13.7 Å². The maximum absolute atomic E-state index is 6.11. The lowest BCUT2D eigenvalue weighted by molar-refractivity contribution is 0.238. The molecular weight excluding hydrogens is 302 g/mol. The maximum atomic E-state index is 6.11. The fraction of sp³-hybridized carbons (Fsp3) is 0.526. The molecule has 130 valence electrons. The number of aliphatic imine (C=N–C) groups is 1. The van der Waals surface area contributed by atoms with Crippen LogP contribution >= 0.6 is 0 Å². The van der Waals surface area contributed by atoms with Crippen LogP contribution in [0.2, 0.25) is 0 Å². The highest BCUT2D eigenvalue weighted by Crippen LogP contribution is 2.30. The Morgan fingerprint density at radius 2 is 2.08 bits per heavy atom. The van der Waals surface area contributed by atoms with E-state index < -0.39 is 0 Å². The minimum absolute atomic E-state index is 0.586. The summed E-state index contributed by atoms with van der Waals surface area (Å²) >= 11 is 0. The van der Waals surface area contributed by atoms with Gasteiger partial charge in [-0.3, -0.25) is 0 Å². The Morgan fingerprint density at radius 1 is 1.25 bits per heavy atom. The lowest BCUT2D eigenvalue weighted by Crippen LogP contribution is -2.30. The summed E-state index contributed by atoms with van der Waals surface area (Å²) in [5.74, 6) is 3.13. The van der Waals surface area contributed by atoms with Crippen molar-refractivity contribution in [2.45, 2.75) is 13.3 Å². The van der Waals surface area contributed by atoms with Crippen molar-refractivity contribution in [1.29, 1.82) is 0 Å². The van der Waals surface area contributed by atoms with Gasteiger partial charge in [0.2, 0.25) is 0 Å². The summed E-state index contributed by atoms with van der Waals surface area (Å²) in [7, 11) is 5.90. The summed E-state index contributed by atoms with van der Waals surface area (Å²) in [6.45, 7) is 5.89. The number of likely N-dealkylation sites (tertiary alicyclic amines) is 1. The standard InChI is InChI=1S/C19H27N3O2/c1-14-7-10-22(3)19(20-14)16-5-6-17(23-4)18(11-16)24-13-15-8-9-21(2)12-15/h5-7,11,15H,8-10,12-13H2,1-4H3. The van der Waals surface area contributed by atoms with Gasteiger partial charge in [-0.1, -0.05) is 0 Å². The van der Waals surface area contributed by atoms with E-state index >= 15 is 0 Å². The molecule has 1 aromatic carbocycles. The lowest BCUT2D eigenvalue weighted by atomic mass is 10.1. The maximum Gasteiger partial charge on any atom is 0.161 e. The third-order valence-corrected chi connectivity index (χ3v) is 4.69. The van der Waals surface area contributed by atoms with Crippen LogP contribution in [-0.4, -0.2) is 63.1 Å². The number of ether oxygens (including phenoxy) is 2. The van der Waals surface area contributed by atoms with Gasteiger partial charge in [-0.2, -0.15) is 0 Å². The fourth-order valence-electron chi connectivity index (χ4n) is 3.24. The van der Waals surface area contributed by atoms with E-state index in [0.29, 0.717) is 5.92 Å². The summed E-state index contributed by atoms with van der Waals surface area (Å²) in [6.07, 6.45) is 3.32. The van der Waals surface area contributed by atoms with E-state index in [2.05, 4.69) is 35.0 Å². The number of hydrogen-bond acceptors (Lipinski definition) is 5.